The number of anilines is 1. The van der Waals surface area contributed by atoms with E-state index in [1.165, 1.54) is 31.2 Å². The Morgan fingerprint density at radius 2 is 1.87 bits per heavy atom. The fourth-order valence-electron chi connectivity index (χ4n) is 3.46. The van der Waals surface area contributed by atoms with Crippen molar-refractivity contribution >= 4 is 5.82 Å². The standard InChI is InChI=1S/C20H25N2.U/c1-20(13-7-11-18-9-3-2-4-10-18)14-8-16-22(17-20)19-12-5-6-15-21-19;/h2-6,9-10,12,15H,1,7-8,11,13-14,16-17H2;/q-1;. The molecule has 0 radical (unpaired) electrons. The van der Waals surface area contributed by atoms with E-state index in [1.54, 1.807) is 0 Å². The molecule has 2 heterocycles. The van der Waals surface area contributed by atoms with Crippen LogP contribution in [0.1, 0.15) is 31.2 Å². The van der Waals surface area contributed by atoms with Crippen molar-refractivity contribution in [3.8, 4) is 0 Å². The summed E-state index contributed by atoms with van der Waals surface area (Å²) in [6, 6.07) is 16.9. The molecule has 1 aromatic carbocycles. The number of rotatable bonds is 5. The molecule has 1 fully saturated rings. The number of hydrogen-bond acceptors (Lipinski definition) is 2. The van der Waals surface area contributed by atoms with Gasteiger partial charge < -0.3 is 11.8 Å². The third-order valence-corrected chi connectivity index (χ3v) is 4.65. The maximum Gasteiger partial charge on any atom is 0.128 e. The van der Waals surface area contributed by atoms with Crippen molar-refractivity contribution in [2.75, 3.05) is 18.0 Å². The third-order valence-electron chi connectivity index (χ3n) is 4.65. The summed E-state index contributed by atoms with van der Waals surface area (Å²) in [5, 5.41) is 0. The van der Waals surface area contributed by atoms with Gasteiger partial charge in [-0.1, -0.05) is 55.7 Å². The molecule has 1 atom stereocenters. The fraction of sp³-hybridized carbons (Fsp3) is 0.400. The van der Waals surface area contributed by atoms with Crippen LogP contribution in [0.15, 0.2) is 54.7 Å². The van der Waals surface area contributed by atoms with Gasteiger partial charge in [-0.2, -0.15) is 0 Å². The van der Waals surface area contributed by atoms with E-state index in [0.717, 1.165) is 25.3 Å². The molecule has 0 spiro atoms. The zero-order chi connectivity index (χ0) is 15.3. The number of pyridine rings is 1. The average Bonchev–Trinajstić information content (AvgIpc) is 2.56. The van der Waals surface area contributed by atoms with Crippen molar-refractivity contribution in [1.82, 2.24) is 4.98 Å². The second-order valence-corrected chi connectivity index (χ2v) is 6.55. The second kappa shape index (κ2) is 8.90. The average molecular weight is 531 g/mol. The van der Waals surface area contributed by atoms with Crippen LogP contribution in [-0.2, 0) is 6.42 Å². The van der Waals surface area contributed by atoms with Crippen molar-refractivity contribution in [3.63, 3.8) is 0 Å². The number of benzene rings is 1. The summed E-state index contributed by atoms with van der Waals surface area (Å²) in [5.41, 5.74) is 1.60. The van der Waals surface area contributed by atoms with Crippen LogP contribution in [0.25, 0.3) is 0 Å². The van der Waals surface area contributed by atoms with Crippen LogP contribution in [0.5, 0.6) is 0 Å². The van der Waals surface area contributed by atoms with Crippen molar-refractivity contribution in [2.45, 2.75) is 32.1 Å². The molecule has 0 saturated carbocycles. The molecule has 1 aliphatic heterocycles. The molecule has 120 valence electrons. The Balaban J connectivity index is 0.00000192. The van der Waals surface area contributed by atoms with Gasteiger partial charge in [0.15, 0.2) is 0 Å². The number of hydrogen-bond donors (Lipinski definition) is 0. The number of nitrogens with zero attached hydrogens (tertiary/aromatic N) is 2. The zero-order valence-electron chi connectivity index (χ0n) is 13.7. The topological polar surface area (TPSA) is 16.1 Å². The maximum absolute atomic E-state index is 4.57. The minimum absolute atomic E-state index is 0. The minimum atomic E-state index is 0. The maximum atomic E-state index is 4.57. The Labute approximate surface area is 164 Å². The van der Waals surface area contributed by atoms with Gasteiger partial charge in [0.25, 0.3) is 0 Å². The Bertz CT molecular complexity index is 573. The summed E-state index contributed by atoms with van der Waals surface area (Å²) in [6.45, 7) is 6.70. The van der Waals surface area contributed by atoms with Gasteiger partial charge >= 0.3 is 0 Å². The molecule has 1 aliphatic rings. The van der Waals surface area contributed by atoms with E-state index in [2.05, 4.69) is 59.3 Å². The Morgan fingerprint density at radius 3 is 2.61 bits per heavy atom. The van der Waals surface area contributed by atoms with Crippen LogP contribution in [0.3, 0.4) is 0 Å². The van der Waals surface area contributed by atoms with Gasteiger partial charge in [-0.15, -0.1) is 5.41 Å². The Kier molecular flexibility index (Phi) is 7.18. The molecular weight excluding hydrogens is 506 g/mol. The van der Waals surface area contributed by atoms with E-state index in [1.807, 2.05) is 12.3 Å². The van der Waals surface area contributed by atoms with Gasteiger partial charge in [-0.05, 0) is 37.1 Å². The quantitative estimate of drug-likeness (QED) is 0.528. The first kappa shape index (κ1) is 18.6. The van der Waals surface area contributed by atoms with Crippen LogP contribution in [0.2, 0.25) is 0 Å². The van der Waals surface area contributed by atoms with E-state index < -0.39 is 0 Å². The number of aryl methyl sites for hydroxylation is 1. The summed E-state index contributed by atoms with van der Waals surface area (Å²) < 4.78 is 0. The number of piperidine rings is 1. The van der Waals surface area contributed by atoms with Gasteiger partial charge in [0.1, 0.15) is 5.82 Å². The van der Waals surface area contributed by atoms with Gasteiger partial charge in [0, 0.05) is 43.9 Å². The van der Waals surface area contributed by atoms with Crippen molar-refractivity contribution < 1.29 is 31.1 Å². The Morgan fingerprint density at radius 1 is 1.09 bits per heavy atom. The summed E-state index contributed by atoms with van der Waals surface area (Å²) >= 11 is 0. The predicted molar refractivity (Wildman–Crippen MR) is 92.9 cm³/mol. The first-order valence-corrected chi connectivity index (χ1v) is 8.30. The molecule has 3 heteroatoms. The SMILES string of the molecule is [CH2-]C1(CCCc2ccccc2)CCCN(c2ccccn2)C1.[U]. The molecule has 0 amide bonds. The molecule has 3 rings (SSSR count). The predicted octanol–water partition coefficient (Wildman–Crippen LogP) is 4.53. The van der Waals surface area contributed by atoms with Crippen LogP contribution in [-0.4, -0.2) is 18.1 Å². The van der Waals surface area contributed by atoms with Crippen molar-refractivity contribution in [2.24, 2.45) is 5.41 Å². The van der Waals surface area contributed by atoms with E-state index in [0.29, 0.717) is 0 Å². The van der Waals surface area contributed by atoms with Gasteiger partial charge in [-0.25, -0.2) is 4.98 Å². The van der Waals surface area contributed by atoms with Crippen LogP contribution in [0, 0.1) is 43.5 Å². The molecule has 1 unspecified atom stereocenters. The Hall–Kier alpha value is -0.778. The van der Waals surface area contributed by atoms with E-state index >= 15 is 0 Å². The molecule has 0 aliphatic carbocycles. The van der Waals surface area contributed by atoms with Crippen molar-refractivity contribution in [3.05, 3.63) is 67.2 Å². The normalized spacial score (nSPS) is 20.8. The monoisotopic (exact) mass is 531 g/mol. The molecule has 0 N–H and O–H groups in total. The van der Waals surface area contributed by atoms with Gasteiger partial charge in [0.05, 0.1) is 0 Å². The second-order valence-electron chi connectivity index (χ2n) is 6.55. The van der Waals surface area contributed by atoms with Gasteiger partial charge in [-0.3, -0.25) is 0 Å². The molecule has 1 aromatic heterocycles. The smallest absolute Gasteiger partial charge is 0.128 e. The molecule has 2 nitrogen and oxygen atoms in total. The van der Waals surface area contributed by atoms with Crippen molar-refractivity contribution in [1.29, 1.82) is 0 Å². The zero-order valence-corrected chi connectivity index (χ0v) is 17.9. The fourth-order valence-corrected chi connectivity index (χ4v) is 3.46. The third kappa shape index (κ3) is 5.37. The summed E-state index contributed by atoms with van der Waals surface area (Å²) in [7, 11) is 0. The summed E-state index contributed by atoms with van der Waals surface area (Å²) in [5.74, 6) is 1.10. The minimum Gasteiger partial charge on any atom is -0.359 e. The molecule has 2 aromatic rings. The first-order valence-electron chi connectivity index (χ1n) is 8.30. The molecule has 23 heavy (non-hydrogen) atoms. The van der Waals surface area contributed by atoms with E-state index in [4.69, 9.17) is 0 Å². The largest absolute Gasteiger partial charge is 0.359 e. The summed E-state index contributed by atoms with van der Waals surface area (Å²) in [4.78, 5) is 6.90. The molecule has 1 saturated heterocycles. The van der Waals surface area contributed by atoms with Crippen LogP contribution >= 0.6 is 0 Å². The first-order chi connectivity index (χ1) is 10.8. The molecular formula is C20H25N2U-. The van der Waals surface area contributed by atoms with Gasteiger partial charge in [0.2, 0.25) is 0 Å². The summed E-state index contributed by atoms with van der Waals surface area (Å²) in [6.07, 6.45) is 7.87. The van der Waals surface area contributed by atoms with E-state index in [9.17, 15) is 0 Å². The van der Waals surface area contributed by atoms with Crippen LogP contribution in [0.4, 0.5) is 5.82 Å². The molecule has 0 bridgehead atoms. The van der Waals surface area contributed by atoms with Crippen LogP contribution < -0.4 is 4.90 Å². The van der Waals surface area contributed by atoms with E-state index in [-0.39, 0.29) is 36.5 Å². The number of aromatic nitrogens is 1.